The van der Waals surface area contributed by atoms with E-state index in [0.717, 1.165) is 5.56 Å². The quantitative estimate of drug-likeness (QED) is 0.232. The minimum absolute atomic E-state index is 0.0450. The van der Waals surface area contributed by atoms with Crippen LogP contribution in [0.15, 0.2) is 30.3 Å². The third-order valence-electron chi connectivity index (χ3n) is 4.38. The molecule has 0 aliphatic heterocycles. The highest BCUT2D eigenvalue weighted by Crippen LogP contribution is 2.50. The Labute approximate surface area is 171 Å². The van der Waals surface area contributed by atoms with Crippen molar-refractivity contribution in [3.05, 3.63) is 35.9 Å². The molecule has 29 heavy (non-hydrogen) atoms. The van der Waals surface area contributed by atoms with Crippen LogP contribution in [0.2, 0.25) is 0 Å². The molecular formula is C19H32N3O6P. The molecule has 0 saturated carbocycles. The van der Waals surface area contributed by atoms with Gasteiger partial charge in [0.05, 0.1) is 6.04 Å². The Morgan fingerprint density at radius 1 is 1.21 bits per heavy atom. The summed E-state index contributed by atoms with van der Waals surface area (Å²) in [5.41, 5.74) is 12.2. The molecule has 1 rings (SSSR count). The van der Waals surface area contributed by atoms with Crippen LogP contribution in [0.4, 0.5) is 0 Å². The highest BCUT2D eigenvalue weighted by molar-refractivity contribution is 7.53. The Bertz CT molecular complexity index is 700. The number of benzene rings is 1. The molecule has 1 aromatic carbocycles. The molecular weight excluding hydrogens is 397 g/mol. The number of rotatable bonds is 13. The van der Waals surface area contributed by atoms with Crippen LogP contribution in [0.3, 0.4) is 0 Å². The van der Waals surface area contributed by atoms with E-state index in [1.165, 1.54) is 0 Å². The summed E-state index contributed by atoms with van der Waals surface area (Å²) in [6.45, 7) is 3.64. The maximum absolute atomic E-state index is 12.8. The van der Waals surface area contributed by atoms with Crippen LogP contribution >= 0.6 is 7.60 Å². The number of carbonyl (C=O) groups excluding carboxylic acids is 1. The van der Waals surface area contributed by atoms with E-state index in [9.17, 15) is 24.2 Å². The minimum Gasteiger partial charge on any atom is -0.479 e. The number of amides is 1. The van der Waals surface area contributed by atoms with E-state index in [1.807, 2.05) is 30.3 Å². The van der Waals surface area contributed by atoms with E-state index in [4.69, 9.17) is 16.0 Å². The topological polar surface area (TPSA) is 165 Å². The van der Waals surface area contributed by atoms with Gasteiger partial charge in [-0.3, -0.25) is 13.9 Å². The molecule has 0 bridgehead atoms. The van der Waals surface area contributed by atoms with Gasteiger partial charge in [-0.25, -0.2) is 4.79 Å². The smallest absolute Gasteiger partial charge is 0.351 e. The van der Waals surface area contributed by atoms with Gasteiger partial charge in [-0.05, 0) is 43.7 Å². The average Bonchev–Trinajstić information content (AvgIpc) is 2.65. The van der Waals surface area contributed by atoms with Crippen molar-refractivity contribution in [3.63, 3.8) is 0 Å². The molecule has 0 aliphatic carbocycles. The molecule has 10 heteroatoms. The van der Waals surface area contributed by atoms with Crippen LogP contribution < -0.4 is 16.8 Å². The van der Waals surface area contributed by atoms with Crippen LogP contribution in [0.1, 0.15) is 38.7 Å². The van der Waals surface area contributed by atoms with E-state index >= 15 is 0 Å². The van der Waals surface area contributed by atoms with E-state index < -0.39 is 43.3 Å². The maximum atomic E-state index is 12.8. The number of carboxylic acid groups (broad SMARTS) is 1. The van der Waals surface area contributed by atoms with Crippen LogP contribution in [-0.2, 0) is 25.1 Å². The monoisotopic (exact) mass is 429 g/mol. The summed E-state index contributed by atoms with van der Waals surface area (Å²) in [5, 5.41) is 11.8. The van der Waals surface area contributed by atoms with Crippen molar-refractivity contribution in [1.82, 2.24) is 5.32 Å². The summed E-state index contributed by atoms with van der Waals surface area (Å²) in [5.74, 6) is -3.73. The third-order valence-corrected chi connectivity index (χ3v) is 6.37. The molecule has 0 aromatic heterocycles. The van der Waals surface area contributed by atoms with E-state index in [0.29, 0.717) is 19.4 Å². The zero-order chi connectivity index (χ0) is 22.0. The first kappa shape index (κ1) is 25.3. The van der Waals surface area contributed by atoms with Crippen molar-refractivity contribution in [2.45, 2.75) is 57.5 Å². The molecule has 0 spiro atoms. The molecule has 3 unspecified atom stereocenters. The second kappa shape index (κ2) is 12.0. The van der Waals surface area contributed by atoms with Crippen molar-refractivity contribution in [2.24, 2.45) is 17.4 Å². The first-order chi connectivity index (χ1) is 13.6. The zero-order valence-corrected chi connectivity index (χ0v) is 17.8. The lowest BCUT2D eigenvalue weighted by molar-refractivity contribution is -0.145. The Balaban J connectivity index is 2.83. The normalized spacial score (nSPS) is 16.6. The van der Waals surface area contributed by atoms with Crippen molar-refractivity contribution in [2.75, 3.05) is 6.54 Å². The molecule has 9 nitrogen and oxygen atoms in total. The molecule has 164 valence electrons. The van der Waals surface area contributed by atoms with Gasteiger partial charge in [0.2, 0.25) is 5.91 Å². The fourth-order valence-electron chi connectivity index (χ4n) is 2.78. The number of aliphatic carboxylic acids is 1. The minimum atomic E-state index is -4.49. The van der Waals surface area contributed by atoms with Gasteiger partial charge in [0.25, 0.3) is 0 Å². The van der Waals surface area contributed by atoms with Gasteiger partial charge < -0.3 is 26.8 Å². The fraction of sp³-hybridized carbons (Fsp3) is 0.579. The lowest BCUT2D eigenvalue weighted by atomic mass is 10.1. The summed E-state index contributed by atoms with van der Waals surface area (Å²) in [6, 6.07) is 8.21. The summed E-state index contributed by atoms with van der Waals surface area (Å²) >= 11 is 0. The van der Waals surface area contributed by atoms with E-state index in [2.05, 4.69) is 5.32 Å². The number of nitrogens with one attached hydrogen (secondary N) is 1. The first-order valence-corrected chi connectivity index (χ1v) is 11.3. The van der Waals surface area contributed by atoms with Crippen LogP contribution in [0, 0.1) is 5.92 Å². The second-order valence-electron chi connectivity index (χ2n) is 7.27. The fourth-order valence-corrected chi connectivity index (χ4v) is 4.52. The lowest BCUT2D eigenvalue weighted by Gasteiger charge is -2.29. The number of carbonyl (C=O) groups is 2. The Morgan fingerprint density at radius 3 is 2.34 bits per heavy atom. The summed E-state index contributed by atoms with van der Waals surface area (Å²) in [7, 11) is -4.49. The van der Waals surface area contributed by atoms with Gasteiger partial charge in [-0.2, -0.15) is 0 Å². The van der Waals surface area contributed by atoms with E-state index in [1.54, 1.807) is 13.8 Å². The second-order valence-corrected chi connectivity index (χ2v) is 9.17. The van der Waals surface area contributed by atoms with Gasteiger partial charge >= 0.3 is 13.6 Å². The molecule has 0 fully saturated rings. The Morgan fingerprint density at radius 2 is 1.83 bits per heavy atom. The van der Waals surface area contributed by atoms with E-state index in [-0.39, 0.29) is 12.8 Å². The van der Waals surface area contributed by atoms with Gasteiger partial charge in [-0.1, -0.05) is 44.2 Å². The van der Waals surface area contributed by atoms with Crippen molar-refractivity contribution < 1.29 is 28.7 Å². The van der Waals surface area contributed by atoms with Gasteiger partial charge in [-0.15, -0.1) is 0 Å². The number of unbranched alkanes of at least 4 members (excludes halogenated alkanes) is 1. The first-order valence-electron chi connectivity index (χ1n) is 9.62. The summed E-state index contributed by atoms with van der Waals surface area (Å²) < 4.78 is 17.9. The van der Waals surface area contributed by atoms with Gasteiger partial charge in [0, 0.05) is 0 Å². The number of nitrogens with two attached hydrogens (primary N) is 2. The standard InChI is InChI=1S/C19H32N3O6P/c1-13(2)18(22-17(23)15(21)12-14-8-4-3-5-9-14)29(26,27)28-16(19(24)25)10-6-7-11-20/h3-5,8-9,13,15-16,18H,6-7,10-12,20-21H2,1-2H3,(H,22,23)(H,24,25)(H,26,27)/t15-,16?,18?/m1/s1. The predicted octanol–water partition coefficient (Wildman–Crippen LogP) is 1.44. The molecule has 7 N–H and O–H groups in total. The molecule has 0 heterocycles. The largest absolute Gasteiger partial charge is 0.479 e. The highest BCUT2D eigenvalue weighted by Gasteiger charge is 2.40. The van der Waals surface area contributed by atoms with Crippen LogP contribution in [-0.4, -0.2) is 46.3 Å². The average molecular weight is 429 g/mol. The highest BCUT2D eigenvalue weighted by atomic mass is 31.2. The number of carboxylic acids is 1. The molecule has 0 saturated heterocycles. The maximum Gasteiger partial charge on any atom is 0.351 e. The third kappa shape index (κ3) is 8.64. The van der Waals surface area contributed by atoms with Crippen molar-refractivity contribution in [3.8, 4) is 0 Å². The molecule has 0 radical (unpaired) electrons. The number of hydrogen-bond donors (Lipinski definition) is 5. The van der Waals surface area contributed by atoms with Crippen molar-refractivity contribution in [1.29, 1.82) is 0 Å². The van der Waals surface area contributed by atoms with Crippen LogP contribution in [0.5, 0.6) is 0 Å². The summed E-state index contributed by atoms with van der Waals surface area (Å²) in [4.78, 5) is 34.3. The predicted molar refractivity (Wildman–Crippen MR) is 110 cm³/mol. The Kier molecular flexibility index (Phi) is 10.5. The zero-order valence-electron chi connectivity index (χ0n) is 16.9. The van der Waals surface area contributed by atoms with Gasteiger partial charge in [0.15, 0.2) is 6.10 Å². The SMILES string of the molecule is CC(C)C(NC(=O)[C@H](N)Cc1ccccc1)P(=O)(O)OC(CCCCN)C(=O)O. The molecule has 1 amide bonds. The Hall–Kier alpha value is -1.77. The molecule has 1 aromatic rings. The number of hydrogen-bond acceptors (Lipinski definition) is 6. The lowest BCUT2D eigenvalue weighted by Crippen LogP contribution is -2.48. The molecule has 4 atom stereocenters. The van der Waals surface area contributed by atoms with Gasteiger partial charge in [0.1, 0.15) is 5.78 Å². The van der Waals surface area contributed by atoms with Crippen molar-refractivity contribution >= 4 is 19.5 Å². The molecule has 0 aliphatic rings. The summed E-state index contributed by atoms with van der Waals surface area (Å²) in [6.07, 6.45) is -0.155. The van der Waals surface area contributed by atoms with Crippen LogP contribution in [0.25, 0.3) is 0 Å².